The summed E-state index contributed by atoms with van der Waals surface area (Å²) in [4.78, 5) is 29.4. The molecule has 3 heterocycles. The number of amides is 1. The lowest BCUT2D eigenvalue weighted by Crippen LogP contribution is -2.52. The molecule has 0 unspecified atom stereocenters. The molecule has 3 aromatic rings. The zero-order valence-corrected chi connectivity index (χ0v) is 20.1. The Kier molecular flexibility index (Phi) is 6.02. The number of aromatic nitrogens is 2. The fourth-order valence-corrected chi connectivity index (χ4v) is 5.15. The van der Waals surface area contributed by atoms with Gasteiger partial charge in [0.05, 0.1) is 5.39 Å². The van der Waals surface area contributed by atoms with E-state index in [9.17, 15) is 4.79 Å². The Balaban J connectivity index is 1.59. The molecule has 0 N–H and O–H groups in total. The van der Waals surface area contributed by atoms with Crippen molar-refractivity contribution in [2.45, 2.75) is 47.5 Å². The Morgan fingerprint density at radius 1 is 1.00 bits per heavy atom. The van der Waals surface area contributed by atoms with Gasteiger partial charge in [-0.05, 0) is 31.4 Å². The number of piperazine rings is 1. The van der Waals surface area contributed by atoms with Crippen molar-refractivity contribution in [2.24, 2.45) is 5.41 Å². The number of benzene rings is 1. The van der Waals surface area contributed by atoms with E-state index >= 15 is 0 Å². The van der Waals surface area contributed by atoms with Gasteiger partial charge in [-0.3, -0.25) is 4.79 Å². The molecule has 5 nitrogen and oxygen atoms in total. The summed E-state index contributed by atoms with van der Waals surface area (Å²) < 4.78 is 0. The van der Waals surface area contributed by atoms with Crippen LogP contribution < -0.4 is 4.90 Å². The third kappa shape index (κ3) is 4.59. The van der Waals surface area contributed by atoms with Gasteiger partial charge in [0, 0.05) is 42.9 Å². The highest BCUT2D eigenvalue weighted by Crippen LogP contribution is 2.35. The highest BCUT2D eigenvalue weighted by Gasteiger charge is 2.31. The lowest BCUT2D eigenvalue weighted by Gasteiger charge is -2.38. The maximum absolute atomic E-state index is 12.7. The highest BCUT2D eigenvalue weighted by atomic mass is 32.1. The highest BCUT2D eigenvalue weighted by molar-refractivity contribution is 7.18. The third-order valence-electron chi connectivity index (χ3n) is 6.04. The van der Waals surface area contributed by atoms with Gasteiger partial charge in [-0.2, -0.15) is 0 Å². The van der Waals surface area contributed by atoms with Gasteiger partial charge < -0.3 is 9.80 Å². The van der Waals surface area contributed by atoms with Gasteiger partial charge in [0.2, 0.25) is 5.91 Å². The van der Waals surface area contributed by atoms with Crippen molar-refractivity contribution in [3.8, 4) is 0 Å². The molecular weight excluding hydrogens is 404 g/mol. The van der Waals surface area contributed by atoms with Crippen molar-refractivity contribution in [3.63, 3.8) is 0 Å². The van der Waals surface area contributed by atoms with Crippen LogP contribution in [-0.4, -0.2) is 47.0 Å². The lowest BCUT2D eigenvalue weighted by atomic mass is 9.94. The molecule has 1 aliphatic rings. The Hall–Kier alpha value is -2.47. The summed E-state index contributed by atoms with van der Waals surface area (Å²) in [5, 5.41) is 1.18. The average molecular weight is 437 g/mol. The molecule has 31 heavy (non-hydrogen) atoms. The Morgan fingerprint density at radius 3 is 2.32 bits per heavy atom. The van der Waals surface area contributed by atoms with Crippen LogP contribution >= 0.6 is 11.3 Å². The standard InChI is InChI=1S/C25H32N4OS/c1-17-18(2)31-23-21(17)22(26-20(27-23)12-11-19-9-7-6-8-10-19)28-13-15-29(16-14-28)24(30)25(3,4)5/h6-10H,11-16H2,1-5H3. The second-order valence-electron chi connectivity index (χ2n) is 9.44. The molecule has 0 spiro atoms. The number of anilines is 1. The van der Waals surface area contributed by atoms with Gasteiger partial charge in [-0.1, -0.05) is 51.1 Å². The molecule has 0 aliphatic carbocycles. The van der Waals surface area contributed by atoms with Gasteiger partial charge >= 0.3 is 0 Å². The number of hydrogen-bond donors (Lipinski definition) is 0. The normalized spacial score (nSPS) is 15.0. The largest absolute Gasteiger partial charge is 0.352 e. The van der Waals surface area contributed by atoms with E-state index in [2.05, 4.69) is 43.0 Å². The summed E-state index contributed by atoms with van der Waals surface area (Å²) in [6, 6.07) is 10.5. The lowest BCUT2D eigenvalue weighted by molar-refractivity contribution is -0.139. The number of hydrogen-bond acceptors (Lipinski definition) is 5. The van der Waals surface area contributed by atoms with Crippen LogP contribution in [0.15, 0.2) is 30.3 Å². The first kappa shape index (κ1) is 21.8. The fourth-order valence-electron chi connectivity index (χ4n) is 4.11. The van der Waals surface area contributed by atoms with E-state index in [4.69, 9.17) is 9.97 Å². The van der Waals surface area contributed by atoms with E-state index in [-0.39, 0.29) is 11.3 Å². The van der Waals surface area contributed by atoms with Gasteiger partial charge in [-0.15, -0.1) is 11.3 Å². The van der Waals surface area contributed by atoms with E-state index in [1.165, 1.54) is 21.4 Å². The molecular formula is C25H32N4OS. The molecule has 1 amide bonds. The fraction of sp³-hybridized carbons (Fsp3) is 0.480. The second-order valence-corrected chi connectivity index (χ2v) is 10.6. The minimum atomic E-state index is -0.337. The van der Waals surface area contributed by atoms with E-state index in [0.717, 1.165) is 55.5 Å². The summed E-state index contributed by atoms with van der Waals surface area (Å²) in [6.07, 6.45) is 1.76. The predicted octanol–water partition coefficient (Wildman–Crippen LogP) is 4.79. The van der Waals surface area contributed by atoms with E-state index in [1.807, 2.05) is 31.7 Å². The first-order valence-corrected chi connectivity index (χ1v) is 11.9. The molecule has 1 saturated heterocycles. The topological polar surface area (TPSA) is 49.3 Å². The summed E-state index contributed by atoms with van der Waals surface area (Å²) in [6.45, 7) is 13.4. The van der Waals surface area contributed by atoms with Crippen molar-refractivity contribution in [1.82, 2.24) is 14.9 Å². The van der Waals surface area contributed by atoms with Gasteiger partial charge in [0.25, 0.3) is 0 Å². The Bertz CT molecular complexity index is 1080. The minimum absolute atomic E-state index is 0.228. The van der Waals surface area contributed by atoms with Crippen molar-refractivity contribution >= 4 is 33.3 Å². The van der Waals surface area contributed by atoms with Gasteiger partial charge in [0.15, 0.2) is 0 Å². The molecule has 0 bridgehead atoms. The van der Waals surface area contributed by atoms with Crippen LogP contribution in [0, 0.1) is 19.3 Å². The smallest absolute Gasteiger partial charge is 0.228 e. The molecule has 2 aromatic heterocycles. The summed E-state index contributed by atoms with van der Waals surface area (Å²) in [5.41, 5.74) is 2.24. The summed E-state index contributed by atoms with van der Waals surface area (Å²) in [7, 11) is 0. The quantitative estimate of drug-likeness (QED) is 0.590. The number of fused-ring (bicyclic) bond motifs is 1. The maximum Gasteiger partial charge on any atom is 0.228 e. The maximum atomic E-state index is 12.7. The Morgan fingerprint density at radius 2 is 1.68 bits per heavy atom. The molecule has 0 radical (unpaired) electrons. The van der Waals surface area contributed by atoms with Crippen LogP contribution in [0.25, 0.3) is 10.2 Å². The molecule has 1 aliphatic heterocycles. The van der Waals surface area contributed by atoms with Gasteiger partial charge in [-0.25, -0.2) is 9.97 Å². The number of rotatable bonds is 4. The molecule has 0 atom stereocenters. The first-order valence-electron chi connectivity index (χ1n) is 11.1. The molecule has 4 rings (SSSR count). The average Bonchev–Trinajstić information content (AvgIpc) is 3.05. The zero-order chi connectivity index (χ0) is 22.2. The zero-order valence-electron chi connectivity index (χ0n) is 19.2. The summed E-state index contributed by atoms with van der Waals surface area (Å²) >= 11 is 1.76. The van der Waals surface area contributed by atoms with Crippen molar-refractivity contribution in [1.29, 1.82) is 0 Å². The van der Waals surface area contributed by atoms with E-state index in [1.54, 1.807) is 11.3 Å². The SMILES string of the molecule is Cc1sc2nc(CCc3ccccc3)nc(N3CCN(C(=O)C(C)(C)C)CC3)c2c1C. The number of nitrogens with zero attached hydrogens (tertiary/aromatic N) is 4. The van der Waals surface area contributed by atoms with E-state index < -0.39 is 0 Å². The number of carbonyl (C=O) groups is 1. The van der Waals surface area contributed by atoms with Crippen LogP contribution in [-0.2, 0) is 17.6 Å². The predicted molar refractivity (Wildman–Crippen MR) is 129 cm³/mol. The summed E-state index contributed by atoms with van der Waals surface area (Å²) in [5.74, 6) is 2.17. The van der Waals surface area contributed by atoms with Crippen LogP contribution in [0.5, 0.6) is 0 Å². The van der Waals surface area contributed by atoms with Crippen molar-refractivity contribution in [3.05, 3.63) is 52.2 Å². The first-order chi connectivity index (χ1) is 14.7. The van der Waals surface area contributed by atoms with Crippen molar-refractivity contribution < 1.29 is 4.79 Å². The third-order valence-corrected chi connectivity index (χ3v) is 7.15. The molecule has 1 aromatic carbocycles. The molecule has 6 heteroatoms. The van der Waals surface area contributed by atoms with Crippen molar-refractivity contribution in [2.75, 3.05) is 31.1 Å². The van der Waals surface area contributed by atoms with Crippen LogP contribution in [0.1, 0.15) is 42.6 Å². The molecule has 1 fully saturated rings. The van der Waals surface area contributed by atoms with Crippen LogP contribution in [0.2, 0.25) is 0 Å². The van der Waals surface area contributed by atoms with E-state index in [0.29, 0.717) is 0 Å². The minimum Gasteiger partial charge on any atom is -0.352 e. The second kappa shape index (κ2) is 8.58. The monoisotopic (exact) mass is 436 g/mol. The number of thiophene rings is 1. The number of aryl methyl sites for hydroxylation is 4. The van der Waals surface area contributed by atoms with Crippen LogP contribution in [0.3, 0.4) is 0 Å². The Labute approximate surface area is 189 Å². The van der Waals surface area contributed by atoms with Crippen LogP contribution in [0.4, 0.5) is 5.82 Å². The molecule has 164 valence electrons. The number of carbonyl (C=O) groups excluding carboxylic acids is 1. The molecule has 0 saturated carbocycles. The van der Waals surface area contributed by atoms with Gasteiger partial charge in [0.1, 0.15) is 16.5 Å².